The first-order valence-electron chi connectivity index (χ1n) is 3.87. The van der Waals surface area contributed by atoms with E-state index in [0.717, 1.165) is 6.42 Å². The zero-order chi connectivity index (χ0) is 7.82. The Balaban J connectivity index is 3.20. The predicted molar refractivity (Wildman–Crippen MR) is 47.8 cm³/mol. The number of rotatable bonds is 5. The molecule has 57 valence electrons. The van der Waals surface area contributed by atoms with Gasteiger partial charge in [0, 0.05) is 0 Å². The van der Waals surface area contributed by atoms with Gasteiger partial charge in [0.2, 0.25) is 0 Å². The molecule has 0 aromatic heterocycles. The monoisotopic (exact) mass is 137 g/mol. The summed E-state index contributed by atoms with van der Waals surface area (Å²) in [4.78, 5) is 0. The molecule has 1 radical (unpaired) electrons. The average Bonchev–Trinajstić information content (AvgIpc) is 1.89. The summed E-state index contributed by atoms with van der Waals surface area (Å²) in [7, 11) is 0. The Bertz CT molecular complexity index is 101. The van der Waals surface area contributed by atoms with Gasteiger partial charge in [-0.3, -0.25) is 0 Å². The van der Waals surface area contributed by atoms with E-state index in [0.29, 0.717) is 0 Å². The maximum atomic E-state index is 3.68. The summed E-state index contributed by atoms with van der Waals surface area (Å²) in [6.07, 6.45) is 9.81. The van der Waals surface area contributed by atoms with Crippen LogP contribution in [0.25, 0.3) is 0 Å². The second-order valence-electron chi connectivity index (χ2n) is 2.53. The fraction of sp³-hybridized carbons (Fsp3) is 0.500. The lowest BCUT2D eigenvalue weighted by atomic mass is 10.0. The van der Waals surface area contributed by atoms with Crippen LogP contribution >= 0.6 is 0 Å². The Kier molecular flexibility index (Phi) is 6.25. The van der Waals surface area contributed by atoms with Gasteiger partial charge in [0.05, 0.1) is 0 Å². The van der Waals surface area contributed by atoms with E-state index in [9.17, 15) is 0 Å². The van der Waals surface area contributed by atoms with Crippen LogP contribution in [0, 0.1) is 5.92 Å². The third kappa shape index (κ3) is 5.61. The van der Waals surface area contributed by atoms with Crippen LogP contribution in [0.2, 0.25) is 0 Å². The highest BCUT2D eigenvalue weighted by Gasteiger charge is 1.94. The van der Waals surface area contributed by atoms with Crippen LogP contribution in [-0.2, 0) is 0 Å². The van der Waals surface area contributed by atoms with Gasteiger partial charge in [-0.25, -0.2) is 0 Å². The molecule has 0 heteroatoms. The van der Waals surface area contributed by atoms with E-state index in [2.05, 4.69) is 32.6 Å². The molecule has 0 heterocycles. The van der Waals surface area contributed by atoms with Gasteiger partial charge >= 0.3 is 0 Å². The van der Waals surface area contributed by atoms with Crippen molar-refractivity contribution in [3.63, 3.8) is 0 Å². The summed E-state index contributed by atoms with van der Waals surface area (Å²) in [6.45, 7) is 7.90. The van der Waals surface area contributed by atoms with Gasteiger partial charge in [0.25, 0.3) is 0 Å². The van der Waals surface area contributed by atoms with Crippen LogP contribution in [0.15, 0.2) is 24.8 Å². The molecule has 10 heavy (non-hydrogen) atoms. The largest absolute Gasteiger partial charge is 0.103 e. The van der Waals surface area contributed by atoms with Crippen molar-refractivity contribution in [2.45, 2.75) is 33.1 Å². The summed E-state index contributed by atoms with van der Waals surface area (Å²) in [5.41, 5.74) is 0. The maximum absolute atomic E-state index is 3.68. The minimum atomic E-state index is 1.13. The Morgan fingerprint density at radius 2 is 2.20 bits per heavy atom. The third-order valence-electron chi connectivity index (χ3n) is 1.43. The van der Waals surface area contributed by atoms with Gasteiger partial charge in [-0.1, -0.05) is 25.2 Å². The van der Waals surface area contributed by atoms with Crippen molar-refractivity contribution in [2.24, 2.45) is 0 Å². The molecule has 0 spiro atoms. The molecule has 0 aromatic carbocycles. The minimum Gasteiger partial charge on any atom is -0.103 e. The quantitative estimate of drug-likeness (QED) is 0.402. The van der Waals surface area contributed by atoms with Gasteiger partial charge in [-0.2, -0.15) is 0 Å². The average molecular weight is 137 g/mol. The SMILES string of the molecule is C=CCCC[C](C)C=CC. The first kappa shape index (κ1) is 9.48. The Hall–Kier alpha value is -0.520. The maximum Gasteiger partial charge on any atom is -0.00583 e. The summed E-state index contributed by atoms with van der Waals surface area (Å²) >= 11 is 0. The van der Waals surface area contributed by atoms with Crippen molar-refractivity contribution in [1.82, 2.24) is 0 Å². The molecule has 0 fully saturated rings. The Labute approximate surface area is 64.6 Å². The minimum absolute atomic E-state index is 1.13. The van der Waals surface area contributed by atoms with Crippen LogP contribution in [0.5, 0.6) is 0 Å². The standard InChI is InChI=1S/C10H17/c1-4-6-7-9-10(3)8-5-2/h4-5,8H,1,6-7,9H2,2-3H3. The fourth-order valence-electron chi connectivity index (χ4n) is 0.893. The van der Waals surface area contributed by atoms with Gasteiger partial charge in [-0.05, 0) is 32.1 Å². The van der Waals surface area contributed by atoms with Crippen LogP contribution in [-0.4, -0.2) is 0 Å². The third-order valence-corrected chi connectivity index (χ3v) is 1.43. The van der Waals surface area contributed by atoms with Crippen molar-refractivity contribution >= 4 is 0 Å². The normalized spacial score (nSPS) is 11.1. The molecule has 0 rings (SSSR count). The van der Waals surface area contributed by atoms with Crippen molar-refractivity contribution in [2.75, 3.05) is 0 Å². The molecular formula is C10H17. The van der Waals surface area contributed by atoms with E-state index in [1.165, 1.54) is 18.8 Å². The molecule has 0 aliphatic carbocycles. The molecular weight excluding hydrogens is 120 g/mol. The second kappa shape index (κ2) is 6.60. The molecule has 0 nitrogen and oxygen atoms in total. The number of unbranched alkanes of at least 4 members (excludes halogenated alkanes) is 1. The van der Waals surface area contributed by atoms with Crippen molar-refractivity contribution in [1.29, 1.82) is 0 Å². The lowest BCUT2D eigenvalue weighted by molar-refractivity contribution is 0.787. The summed E-state index contributed by atoms with van der Waals surface area (Å²) in [5, 5.41) is 0. The Morgan fingerprint density at radius 1 is 1.50 bits per heavy atom. The molecule has 0 saturated heterocycles. The van der Waals surface area contributed by atoms with Gasteiger partial charge in [0.15, 0.2) is 0 Å². The first-order chi connectivity index (χ1) is 4.81. The van der Waals surface area contributed by atoms with Crippen LogP contribution in [0.1, 0.15) is 33.1 Å². The molecule has 0 amide bonds. The van der Waals surface area contributed by atoms with Crippen molar-refractivity contribution in [3.05, 3.63) is 30.7 Å². The first-order valence-corrected chi connectivity index (χ1v) is 3.87. The zero-order valence-electron chi connectivity index (χ0n) is 7.06. The topological polar surface area (TPSA) is 0 Å². The summed E-state index contributed by atoms with van der Waals surface area (Å²) in [6, 6.07) is 0. The van der Waals surface area contributed by atoms with E-state index in [1.807, 2.05) is 6.08 Å². The molecule has 0 N–H and O–H groups in total. The summed E-state index contributed by atoms with van der Waals surface area (Å²) < 4.78 is 0. The van der Waals surface area contributed by atoms with E-state index in [4.69, 9.17) is 0 Å². The fourth-order valence-corrected chi connectivity index (χ4v) is 0.893. The summed E-state index contributed by atoms with van der Waals surface area (Å²) in [5.74, 6) is 1.46. The number of hydrogen-bond donors (Lipinski definition) is 0. The lowest BCUT2D eigenvalue weighted by Crippen LogP contribution is -1.84. The predicted octanol–water partition coefficient (Wildman–Crippen LogP) is 3.51. The van der Waals surface area contributed by atoms with Gasteiger partial charge in [0.1, 0.15) is 0 Å². The van der Waals surface area contributed by atoms with E-state index in [-0.39, 0.29) is 0 Å². The van der Waals surface area contributed by atoms with Crippen LogP contribution < -0.4 is 0 Å². The van der Waals surface area contributed by atoms with Crippen molar-refractivity contribution < 1.29 is 0 Å². The molecule has 0 bridgehead atoms. The van der Waals surface area contributed by atoms with Crippen molar-refractivity contribution in [3.8, 4) is 0 Å². The lowest BCUT2D eigenvalue weighted by Gasteiger charge is -2.01. The molecule has 0 unspecified atom stereocenters. The number of allylic oxidation sites excluding steroid dienone is 3. The highest BCUT2D eigenvalue weighted by molar-refractivity contribution is 5.05. The second-order valence-corrected chi connectivity index (χ2v) is 2.53. The molecule has 0 saturated carbocycles. The molecule has 0 aliphatic rings. The smallest absolute Gasteiger partial charge is 0.00583 e. The van der Waals surface area contributed by atoms with E-state index >= 15 is 0 Å². The van der Waals surface area contributed by atoms with Gasteiger partial charge < -0.3 is 0 Å². The van der Waals surface area contributed by atoms with E-state index in [1.54, 1.807) is 0 Å². The molecule has 0 aliphatic heterocycles. The highest BCUT2D eigenvalue weighted by Crippen LogP contribution is 2.10. The Morgan fingerprint density at radius 3 is 2.70 bits per heavy atom. The zero-order valence-corrected chi connectivity index (χ0v) is 7.06. The van der Waals surface area contributed by atoms with E-state index < -0.39 is 0 Å². The highest BCUT2D eigenvalue weighted by atomic mass is 14.0. The van der Waals surface area contributed by atoms with Crippen LogP contribution in [0.3, 0.4) is 0 Å². The molecule has 0 aromatic rings. The van der Waals surface area contributed by atoms with Gasteiger partial charge in [-0.15, -0.1) is 6.58 Å². The number of hydrogen-bond acceptors (Lipinski definition) is 0. The molecule has 0 atom stereocenters. The van der Waals surface area contributed by atoms with Crippen LogP contribution in [0.4, 0.5) is 0 Å².